The summed E-state index contributed by atoms with van der Waals surface area (Å²) in [6.45, 7) is 1.15. The normalized spacial score (nSPS) is 13.3. The van der Waals surface area contributed by atoms with Gasteiger partial charge >= 0.3 is 0 Å². The second kappa shape index (κ2) is 5.19. The number of nitrogens with two attached hydrogens (primary N) is 1. The maximum atomic E-state index is 5.88. The van der Waals surface area contributed by atoms with Crippen LogP contribution in [0.25, 0.3) is 0 Å². The molecule has 0 atom stereocenters. The summed E-state index contributed by atoms with van der Waals surface area (Å²) in [4.78, 5) is 5.19. The van der Waals surface area contributed by atoms with Crippen LogP contribution in [-0.2, 0) is 0 Å². The van der Waals surface area contributed by atoms with Crippen LogP contribution < -0.4 is 15.2 Å². The van der Waals surface area contributed by atoms with Crippen LogP contribution in [-0.4, -0.2) is 18.2 Å². The quantitative estimate of drug-likeness (QED) is 0.862. The van der Waals surface area contributed by atoms with Crippen LogP contribution >= 0.6 is 23.4 Å². The second-order valence-corrected chi connectivity index (χ2v) is 5.39. The van der Waals surface area contributed by atoms with Gasteiger partial charge in [-0.05, 0) is 30.3 Å². The minimum absolute atomic E-state index is 0.425. The highest BCUT2D eigenvalue weighted by Gasteiger charge is 2.13. The van der Waals surface area contributed by atoms with E-state index in [9.17, 15) is 0 Å². The zero-order chi connectivity index (χ0) is 13.2. The van der Waals surface area contributed by atoms with Gasteiger partial charge in [-0.1, -0.05) is 23.4 Å². The van der Waals surface area contributed by atoms with Gasteiger partial charge < -0.3 is 15.2 Å². The third kappa shape index (κ3) is 2.72. The van der Waals surface area contributed by atoms with Crippen LogP contribution in [0.3, 0.4) is 0 Å². The summed E-state index contributed by atoms with van der Waals surface area (Å²) >= 11 is 7.32. The molecule has 3 rings (SSSR count). The van der Waals surface area contributed by atoms with Crippen LogP contribution in [0.2, 0.25) is 5.15 Å². The fraction of sp³-hybridized carbons (Fsp3) is 0.154. The van der Waals surface area contributed by atoms with E-state index in [0.717, 1.165) is 16.4 Å². The van der Waals surface area contributed by atoms with E-state index in [4.69, 9.17) is 26.8 Å². The van der Waals surface area contributed by atoms with E-state index in [-0.39, 0.29) is 0 Å². The first kappa shape index (κ1) is 12.4. The summed E-state index contributed by atoms with van der Waals surface area (Å²) in [7, 11) is 0. The number of benzene rings is 1. The van der Waals surface area contributed by atoms with E-state index >= 15 is 0 Å². The summed E-state index contributed by atoms with van der Waals surface area (Å²) < 4.78 is 11.0. The molecule has 0 saturated heterocycles. The van der Waals surface area contributed by atoms with Crippen molar-refractivity contribution in [2.75, 3.05) is 18.9 Å². The number of nitrogen functional groups attached to an aromatic ring is 1. The fourth-order valence-electron chi connectivity index (χ4n) is 1.71. The van der Waals surface area contributed by atoms with E-state index in [2.05, 4.69) is 4.98 Å². The van der Waals surface area contributed by atoms with Gasteiger partial charge in [0.05, 0.1) is 5.69 Å². The fourth-order valence-corrected chi connectivity index (χ4v) is 2.76. The molecule has 2 N–H and O–H groups in total. The molecule has 2 aromatic rings. The monoisotopic (exact) mass is 294 g/mol. The Morgan fingerprint density at radius 3 is 2.74 bits per heavy atom. The number of ether oxygens (including phenoxy) is 2. The summed E-state index contributed by atoms with van der Waals surface area (Å²) in [6.07, 6.45) is 0. The number of anilines is 1. The Labute approximate surface area is 119 Å². The van der Waals surface area contributed by atoms with Crippen LogP contribution in [0.5, 0.6) is 11.5 Å². The van der Waals surface area contributed by atoms with Crippen LogP contribution in [0, 0.1) is 0 Å². The molecule has 6 heteroatoms. The first-order valence-corrected chi connectivity index (χ1v) is 6.91. The molecule has 0 bridgehead atoms. The minimum Gasteiger partial charge on any atom is -0.486 e. The smallest absolute Gasteiger partial charge is 0.162 e. The molecule has 98 valence electrons. The number of hydrogen-bond acceptors (Lipinski definition) is 5. The van der Waals surface area contributed by atoms with Crippen molar-refractivity contribution in [2.45, 2.75) is 9.92 Å². The minimum atomic E-state index is 0.425. The van der Waals surface area contributed by atoms with Gasteiger partial charge in [0.2, 0.25) is 0 Å². The highest BCUT2D eigenvalue weighted by molar-refractivity contribution is 7.99. The van der Waals surface area contributed by atoms with Crippen molar-refractivity contribution in [3.05, 3.63) is 35.5 Å². The van der Waals surface area contributed by atoms with Crippen molar-refractivity contribution in [3.8, 4) is 11.5 Å². The van der Waals surface area contributed by atoms with E-state index in [1.54, 1.807) is 12.1 Å². The highest BCUT2D eigenvalue weighted by Crippen LogP contribution is 2.37. The average molecular weight is 295 g/mol. The topological polar surface area (TPSA) is 57.4 Å². The molecule has 0 saturated carbocycles. The molecule has 2 heterocycles. The Bertz CT molecular complexity index is 622. The number of rotatable bonds is 2. The van der Waals surface area contributed by atoms with Gasteiger partial charge in [-0.25, -0.2) is 4.98 Å². The molecular weight excluding hydrogens is 284 g/mol. The molecule has 0 spiro atoms. The predicted octanol–water partition coefficient (Wildman–Crippen LogP) is 3.24. The van der Waals surface area contributed by atoms with Gasteiger partial charge in [0, 0.05) is 4.90 Å². The predicted molar refractivity (Wildman–Crippen MR) is 75.2 cm³/mol. The Balaban J connectivity index is 1.89. The van der Waals surface area contributed by atoms with E-state index in [1.807, 2.05) is 18.2 Å². The maximum Gasteiger partial charge on any atom is 0.162 e. The molecule has 0 aliphatic carbocycles. The zero-order valence-corrected chi connectivity index (χ0v) is 11.5. The summed E-state index contributed by atoms with van der Waals surface area (Å²) in [6, 6.07) is 9.17. The van der Waals surface area contributed by atoms with Crippen LogP contribution in [0.1, 0.15) is 0 Å². The largest absolute Gasteiger partial charge is 0.486 e. The van der Waals surface area contributed by atoms with Crippen molar-refractivity contribution in [1.82, 2.24) is 4.98 Å². The lowest BCUT2D eigenvalue weighted by molar-refractivity contribution is 0.171. The Kier molecular flexibility index (Phi) is 3.40. The molecular formula is C13H11ClN2O2S. The first-order chi connectivity index (χ1) is 9.22. The SMILES string of the molecule is Nc1ccc(Cl)nc1Sc1ccc2c(c1)OCCO2. The number of halogens is 1. The Morgan fingerprint density at radius 2 is 1.89 bits per heavy atom. The number of fused-ring (bicyclic) bond motifs is 1. The van der Waals surface area contributed by atoms with Crippen LogP contribution in [0.15, 0.2) is 40.3 Å². The van der Waals surface area contributed by atoms with Crippen molar-refractivity contribution in [1.29, 1.82) is 0 Å². The first-order valence-electron chi connectivity index (χ1n) is 5.72. The highest BCUT2D eigenvalue weighted by atomic mass is 35.5. The van der Waals surface area contributed by atoms with Gasteiger partial charge in [0.1, 0.15) is 23.4 Å². The summed E-state index contributed by atoms with van der Waals surface area (Å²) in [5, 5.41) is 1.11. The molecule has 1 aromatic carbocycles. The summed E-state index contributed by atoms with van der Waals surface area (Å²) in [5.74, 6) is 1.51. The molecule has 1 aromatic heterocycles. The Hall–Kier alpha value is -1.59. The van der Waals surface area contributed by atoms with E-state index < -0.39 is 0 Å². The third-order valence-electron chi connectivity index (χ3n) is 2.58. The lowest BCUT2D eigenvalue weighted by Gasteiger charge is -2.18. The van der Waals surface area contributed by atoms with Gasteiger partial charge in [-0.15, -0.1) is 0 Å². The molecule has 0 radical (unpaired) electrons. The van der Waals surface area contributed by atoms with Gasteiger partial charge in [-0.2, -0.15) is 0 Å². The van der Waals surface area contributed by atoms with Gasteiger partial charge in [0.25, 0.3) is 0 Å². The maximum absolute atomic E-state index is 5.88. The molecule has 0 amide bonds. The van der Waals surface area contributed by atoms with Gasteiger partial charge in [0.15, 0.2) is 11.5 Å². The number of pyridine rings is 1. The average Bonchev–Trinajstić information content (AvgIpc) is 2.43. The summed E-state index contributed by atoms with van der Waals surface area (Å²) in [5.41, 5.74) is 6.48. The third-order valence-corrected chi connectivity index (χ3v) is 3.80. The van der Waals surface area contributed by atoms with Crippen molar-refractivity contribution in [3.63, 3.8) is 0 Å². The lowest BCUT2D eigenvalue weighted by Crippen LogP contribution is -2.15. The molecule has 1 aliphatic rings. The lowest BCUT2D eigenvalue weighted by atomic mass is 10.3. The standard InChI is InChI=1S/C13H11ClN2O2S/c14-12-4-2-9(15)13(16-12)19-8-1-3-10-11(7-8)18-6-5-17-10/h1-4,7H,5-6,15H2. The van der Waals surface area contributed by atoms with E-state index in [1.165, 1.54) is 11.8 Å². The second-order valence-electron chi connectivity index (χ2n) is 3.94. The molecule has 1 aliphatic heterocycles. The molecule has 19 heavy (non-hydrogen) atoms. The van der Waals surface area contributed by atoms with Crippen molar-refractivity contribution < 1.29 is 9.47 Å². The molecule has 0 unspecified atom stereocenters. The zero-order valence-electron chi connectivity index (χ0n) is 9.93. The Morgan fingerprint density at radius 1 is 1.11 bits per heavy atom. The molecule has 0 fully saturated rings. The number of hydrogen-bond donors (Lipinski definition) is 1. The van der Waals surface area contributed by atoms with E-state index in [0.29, 0.717) is 29.1 Å². The van der Waals surface area contributed by atoms with Crippen molar-refractivity contribution >= 4 is 29.1 Å². The van der Waals surface area contributed by atoms with Crippen molar-refractivity contribution in [2.24, 2.45) is 0 Å². The number of nitrogens with zero attached hydrogens (tertiary/aromatic N) is 1. The van der Waals surface area contributed by atoms with Crippen LogP contribution in [0.4, 0.5) is 5.69 Å². The molecule has 4 nitrogen and oxygen atoms in total. The number of aromatic nitrogens is 1. The van der Waals surface area contributed by atoms with Gasteiger partial charge in [-0.3, -0.25) is 0 Å².